The largest absolute Gasteiger partial charge is 0.493 e. The number of carbonyl (C=O) groups is 2. The van der Waals surface area contributed by atoms with Crippen LogP contribution >= 0.6 is 0 Å². The molecule has 0 unspecified atom stereocenters. The Bertz CT molecular complexity index is 1190. The number of hydrogen-bond acceptors (Lipinski definition) is 5. The van der Waals surface area contributed by atoms with E-state index in [4.69, 9.17) is 9.47 Å². The molecule has 7 heteroatoms. The summed E-state index contributed by atoms with van der Waals surface area (Å²) in [4.78, 5) is 28.2. The monoisotopic (exact) mass is 487 g/mol. The highest BCUT2D eigenvalue weighted by Crippen LogP contribution is 2.28. The number of ether oxygens (including phenoxy) is 2. The summed E-state index contributed by atoms with van der Waals surface area (Å²) < 4.78 is 10.6. The van der Waals surface area contributed by atoms with Crippen LogP contribution in [-0.2, 0) is 0 Å². The second-order valence-electron chi connectivity index (χ2n) is 8.93. The normalized spacial score (nSPS) is 14.6. The fraction of sp³-hybridized carbons (Fsp3) is 0.310. The third-order valence-corrected chi connectivity index (χ3v) is 6.61. The molecule has 3 aromatic rings. The van der Waals surface area contributed by atoms with E-state index in [0.717, 1.165) is 37.2 Å². The van der Waals surface area contributed by atoms with E-state index >= 15 is 0 Å². The molecule has 0 spiro atoms. The molecule has 0 aromatic heterocycles. The molecule has 2 N–H and O–H groups in total. The van der Waals surface area contributed by atoms with Gasteiger partial charge in [-0.2, -0.15) is 0 Å². The van der Waals surface area contributed by atoms with Gasteiger partial charge >= 0.3 is 0 Å². The number of piperidine rings is 1. The van der Waals surface area contributed by atoms with Gasteiger partial charge in [0.25, 0.3) is 11.8 Å². The fourth-order valence-electron chi connectivity index (χ4n) is 4.55. The van der Waals surface area contributed by atoms with Crippen LogP contribution in [0.4, 0.5) is 5.69 Å². The second-order valence-corrected chi connectivity index (χ2v) is 8.93. The predicted molar refractivity (Wildman–Crippen MR) is 141 cm³/mol. The minimum Gasteiger partial charge on any atom is -0.493 e. The Morgan fingerprint density at radius 2 is 1.53 bits per heavy atom. The van der Waals surface area contributed by atoms with Gasteiger partial charge in [0.05, 0.1) is 25.8 Å². The maximum atomic E-state index is 13.1. The van der Waals surface area contributed by atoms with Gasteiger partial charge in [0.1, 0.15) is 0 Å². The summed E-state index contributed by atoms with van der Waals surface area (Å²) in [5.74, 6) is 0.884. The molecule has 1 fully saturated rings. The van der Waals surface area contributed by atoms with E-state index < -0.39 is 0 Å². The fourth-order valence-corrected chi connectivity index (χ4v) is 4.55. The van der Waals surface area contributed by atoms with Gasteiger partial charge in [0.15, 0.2) is 11.5 Å². The second kappa shape index (κ2) is 11.6. The van der Waals surface area contributed by atoms with E-state index in [2.05, 4.69) is 15.5 Å². The minimum absolute atomic E-state index is 0.0564. The van der Waals surface area contributed by atoms with Crippen molar-refractivity contribution in [3.8, 4) is 11.5 Å². The van der Waals surface area contributed by atoms with Crippen molar-refractivity contribution >= 4 is 17.5 Å². The molecule has 1 atom stereocenters. The summed E-state index contributed by atoms with van der Waals surface area (Å²) in [6.45, 7) is 3.48. The molecule has 1 aliphatic rings. The highest BCUT2D eigenvalue weighted by Gasteiger charge is 2.25. The molecule has 4 rings (SSSR count). The zero-order valence-electron chi connectivity index (χ0n) is 21.0. The molecule has 0 radical (unpaired) electrons. The quantitative estimate of drug-likeness (QED) is 0.486. The van der Waals surface area contributed by atoms with Gasteiger partial charge < -0.3 is 25.0 Å². The molecule has 0 bridgehead atoms. The van der Waals surface area contributed by atoms with Crippen molar-refractivity contribution in [2.45, 2.75) is 31.8 Å². The predicted octanol–water partition coefficient (Wildman–Crippen LogP) is 4.59. The Morgan fingerprint density at radius 3 is 2.22 bits per heavy atom. The van der Waals surface area contributed by atoms with Crippen LogP contribution in [0, 0.1) is 0 Å². The number of amides is 2. The molecule has 1 aliphatic heterocycles. The van der Waals surface area contributed by atoms with Crippen LogP contribution in [0.2, 0.25) is 0 Å². The van der Waals surface area contributed by atoms with E-state index in [1.165, 1.54) is 0 Å². The van der Waals surface area contributed by atoms with Crippen LogP contribution in [0.25, 0.3) is 0 Å². The van der Waals surface area contributed by atoms with Gasteiger partial charge in [-0.3, -0.25) is 9.59 Å². The Hall–Kier alpha value is -4.00. The lowest BCUT2D eigenvalue weighted by Crippen LogP contribution is -2.45. The van der Waals surface area contributed by atoms with Crippen molar-refractivity contribution in [1.82, 2.24) is 10.6 Å². The smallest absolute Gasteiger partial charge is 0.253 e. The Morgan fingerprint density at radius 1 is 0.861 bits per heavy atom. The molecular weight excluding hydrogens is 454 g/mol. The summed E-state index contributed by atoms with van der Waals surface area (Å²) in [6.07, 6.45) is 1.57. The third-order valence-electron chi connectivity index (χ3n) is 6.61. The van der Waals surface area contributed by atoms with Gasteiger partial charge in [0.2, 0.25) is 0 Å². The first-order valence-electron chi connectivity index (χ1n) is 12.2. The Labute approximate surface area is 212 Å². The summed E-state index contributed by atoms with van der Waals surface area (Å²) >= 11 is 0. The number of methoxy groups -OCH3 is 2. The highest BCUT2D eigenvalue weighted by atomic mass is 16.5. The van der Waals surface area contributed by atoms with Crippen LogP contribution in [0.15, 0.2) is 72.8 Å². The molecule has 7 nitrogen and oxygen atoms in total. The maximum Gasteiger partial charge on any atom is 0.253 e. The number of hydrogen-bond donors (Lipinski definition) is 2. The van der Waals surface area contributed by atoms with E-state index in [0.29, 0.717) is 22.6 Å². The molecule has 3 aromatic carbocycles. The topological polar surface area (TPSA) is 79.9 Å². The van der Waals surface area contributed by atoms with Crippen molar-refractivity contribution in [1.29, 1.82) is 0 Å². The highest BCUT2D eigenvalue weighted by molar-refractivity contribution is 6.00. The maximum absolute atomic E-state index is 13.1. The number of benzene rings is 3. The lowest BCUT2D eigenvalue weighted by Gasteiger charge is -2.35. The number of nitrogens with one attached hydrogen (secondary N) is 2. The first kappa shape index (κ1) is 25.1. The van der Waals surface area contributed by atoms with Crippen molar-refractivity contribution in [3.63, 3.8) is 0 Å². The first-order valence-corrected chi connectivity index (χ1v) is 12.2. The van der Waals surface area contributed by atoms with E-state index in [9.17, 15) is 9.59 Å². The van der Waals surface area contributed by atoms with E-state index in [-0.39, 0.29) is 23.9 Å². The minimum atomic E-state index is -0.135. The van der Waals surface area contributed by atoms with Crippen molar-refractivity contribution in [3.05, 3.63) is 89.5 Å². The molecular formula is C29H33N3O4. The lowest BCUT2D eigenvalue weighted by atomic mass is 10.0. The molecule has 2 amide bonds. The third kappa shape index (κ3) is 5.79. The molecule has 1 saturated heterocycles. The molecule has 36 heavy (non-hydrogen) atoms. The van der Waals surface area contributed by atoms with Crippen LogP contribution in [0.3, 0.4) is 0 Å². The van der Waals surface area contributed by atoms with Gasteiger partial charge in [-0.1, -0.05) is 42.5 Å². The Balaban J connectivity index is 1.37. The van der Waals surface area contributed by atoms with E-state index in [1.54, 1.807) is 32.4 Å². The molecule has 1 heterocycles. The van der Waals surface area contributed by atoms with Gasteiger partial charge in [-0.05, 0) is 55.7 Å². The average molecular weight is 488 g/mol. The number of nitrogens with zero attached hydrogens (tertiary/aromatic N) is 1. The van der Waals surface area contributed by atoms with Crippen molar-refractivity contribution in [2.75, 3.05) is 32.2 Å². The zero-order chi connectivity index (χ0) is 25.5. The molecule has 0 aliphatic carbocycles. The summed E-state index contributed by atoms with van der Waals surface area (Å²) in [6, 6.07) is 22.8. The van der Waals surface area contributed by atoms with Crippen molar-refractivity contribution in [2.24, 2.45) is 0 Å². The van der Waals surface area contributed by atoms with Crippen LogP contribution < -0.4 is 25.0 Å². The summed E-state index contributed by atoms with van der Waals surface area (Å²) in [7, 11) is 3.12. The van der Waals surface area contributed by atoms with Crippen LogP contribution in [0.1, 0.15) is 52.1 Å². The zero-order valence-corrected chi connectivity index (χ0v) is 21.0. The van der Waals surface area contributed by atoms with Gasteiger partial charge in [-0.15, -0.1) is 0 Å². The molecule has 188 valence electrons. The lowest BCUT2D eigenvalue weighted by molar-refractivity contribution is 0.0927. The summed E-state index contributed by atoms with van der Waals surface area (Å²) in [5, 5.41) is 6.26. The van der Waals surface area contributed by atoms with Crippen LogP contribution in [0.5, 0.6) is 11.5 Å². The Kier molecular flexibility index (Phi) is 8.10. The number of para-hydroxylation sites is 1. The number of anilines is 1. The number of rotatable bonds is 8. The van der Waals surface area contributed by atoms with Crippen LogP contribution in [-0.4, -0.2) is 45.2 Å². The average Bonchev–Trinajstić information content (AvgIpc) is 2.93. The van der Waals surface area contributed by atoms with Gasteiger partial charge in [0, 0.05) is 30.4 Å². The standard InChI is InChI=1S/C29H33N3O4/c1-20(21-9-5-4-6-10-21)30-29(34)24-11-7-8-12-25(24)32-17-15-23(16-18-32)31-28(33)22-13-14-26(35-2)27(19-22)36-3/h4-14,19-20,23H,15-18H2,1-3H3,(H,30,34)(H,31,33)/t20-/m1/s1. The first-order chi connectivity index (χ1) is 17.5. The van der Waals surface area contributed by atoms with Gasteiger partial charge in [-0.25, -0.2) is 0 Å². The summed E-state index contributed by atoms with van der Waals surface area (Å²) in [5.41, 5.74) is 3.17. The van der Waals surface area contributed by atoms with Crippen molar-refractivity contribution < 1.29 is 19.1 Å². The van der Waals surface area contributed by atoms with E-state index in [1.807, 2.05) is 61.5 Å². The number of carbonyl (C=O) groups excluding carboxylic acids is 2. The SMILES string of the molecule is COc1ccc(C(=O)NC2CCN(c3ccccc3C(=O)N[C@H](C)c3ccccc3)CC2)cc1OC. The molecule has 0 saturated carbocycles.